The zero-order valence-corrected chi connectivity index (χ0v) is 22.0. The second-order valence-electron chi connectivity index (χ2n) is 10.5. The van der Waals surface area contributed by atoms with Crippen molar-refractivity contribution in [3.63, 3.8) is 0 Å². The highest BCUT2D eigenvalue weighted by atomic mass is 16.3. The fraction of sp³-hybridized carbons (Fsp3) is 0.367. The molecule has 0 radical (unpaired) electrons. The van der Waals surface area contributed by atoms with Gasteiger partial charge in [0.25, 0.3) is 5.91 Å². The fourth-order valence-electron chi connectivity index (χ4n) is 5.61. The number of aryl methyl sites for hydroxylation is 1. The molecule has 37 heavy (non-hydrogen) atoms. The molecule has 1 aliphatic carbocycles. The molecule has 2 aliphatic rings. The maximum atomic E-state index is 12.2. The summed E-state index contributed by atoms with van der Waals surface area (Å²) in [5.41, 5.74) is 14.1. The average Bonchev–Trinajstić information content (AvgIpc) is 3.21. The first-order valence-electron chi connectivity index (χ1n) is 12.9. The van der Waals surface area contributed by atoms with Gasteiger partial charge in [0.1, 0.15) is 0 Å². The SMILES string of the molecule is Cc1nc(N)c(O)cc1-c1ccnc2c1C=C(CN1CCC(c3ccc(C(=O)N(C)C)cc3)CC1)C2C. The number of hydrogen-bond donors (Lipinski definition) is 2. The number of aromatic hydroxyl groups is 1. The van der Waals surface area contributed by atoms with Gasteiger partial charge < -0.3 is 15.7 Å². The van der Waals surface area contributed by atoms with Crippen molar-refractivity contribution >= 4 is 17.8 Å². The molecule has 1 amide bonds. The number of piperidine rings is 1. The molecule has 5 rings (SSSR count). The zero-order valence-electron chi connectivity index (χ0n) is 22.0. The number of benzene rings is 1. The molecule has 0 bridgehead atoms. The van der Waals surface area contributed by atoms with Gasteiger partial charge in [-0.1, -0.05) is 25.1 Å². The molecular weight excluding hydrogens is 462 g/mol. The topological polar surface area (TPSA) is 95.6 Å². The van der Waals surface area contributed by atoms with Crippen LogP contribution in [0, 0.1) is 6.92 Å². The van der Waals surface area contributed by atoms with Gasteiger partial charge in [-0.25, -0.2) is 4.98 Å². The van der Waals surface area contributed by atoms with Crippen molar-refractivity contribution in [2.24, 2.45) is 0 Å². The van der Waals surface area contributed by atoms with Gasteiger partial charge in [0, 0.05) is 55.1 Å². The molecule has 1 saturated heterocycles. The monoisotopic (exact) mass is 497 g/mol. The van der Waals surface area contributed by atoms with Crippen LogP contribution in [-0.4, -0.2) is 64.5 Å². The number of amides is 1. The lowest BCUT2D eigenvalue weighted by atomic mass is 9.88. The number of aromatic nitrogens is 2. The van der Waals surface area contributed by atoms with Crippen LogP contribution in [0.2, 0.25) is 0 Å². The second kappa shape index (κ2) is 9.98. The number of nitrogens with zero attached hydrogens (tertiary/aromatic N) is 4. The summed E-state index contributed by atoms with van der Waals surface area (Å²) in [5.74, 6) is 0.957. The van der Waals surface area contributed by atoms with E-state index in [2.05, 4.69) is 35.0 Å². The van der Waals surface area contributed by atoms with E-state index < -0.39 is 0 Å². The van der Waals surface area contributed by atoms with Crippen LogP contribution in [0.25, 0.3) is 17.2 Å². The maximum Gasteiger partial charge on any atom is 0.253 e. The third kappa shape index (κ3) is 4.83. The molecule has 1 unspecified atom stereocenters. The molecule has 0 spiro atoms. The third-order valence-electron chi connectivity index (χ3n) is 7.86. The summed E-state index contributed by atoms with van der Waals surface area (Å²) in [6, 6.07) is 11.8. The molecule has 192 valence electrons. The summed E-state index contributed by atoms with van der Waals surface area (Å²) >= 11 is 0. The second-order valence-corrected chi connectivity index (χ2v) is 10.5. The van der Waals surface area contributed by atoms with E-state index in [-0.39, 0.29) is 23.4 Å². The zero-order chi connectivity index (χ0) is 26.3. The molecule has 2 aromatic heterocycles. The number of nitrogens with two attached hydrogens (primary N) is 1. The van der Waals surface area contributed by atoms with Crippen LogP contribution in [0.3, 0.4) is 0 Å². The Labute approximate surface area is 218 Å². The van der Waals surface area contributed by atoms with Gasteiger partial charge in [-0.05, 0) is 79.7 Å². The lowest BCUT2D eigenvalue weighted by molar-refractivity contribution is 0.0827. The van der Waals surface area contributed by atoms with Gasteiger partial charge in [0.2, 0.25) is 0 Å². The van der Waals surface area contributed by atoms with Crippen LogP contribution in [-0.2, 0) is 0 Å². The average molecular weight is 498 g/mol. The highest BCUT2D eigenvalue weighted by Gasteiger charge is 2.29. The van der Waals surface area contributed by atoms with Gasteiger partial charge in [-0.3, -0.25) is 14.7 Å². The fourth-order valence-corrected chi connectivity index (χ4v) is 5.61. The molecular formula is C30H35N5O2. The van der Waals surface area contributed by atoms with Crippen molar-refractivity contribution in [2.45, 2.75) is 38.5 Å². The van der Waals surface area contributed by atoms with Gasteiger partial charge in [-0.2, -0.15) is 0 Å². The van der Waals surface area contributed by atoms with Crippen LogP contribution >= 0.6 is 0 Å². The largest absolute Gasteiger partial charge is 0.504 e. The van der Waals surface area contributed by atoms with E-state index in [1.165, 1.54) is 11.1 Å². The minimum Gasteiger partial charge on any atom is -0.504 e. The Hall–Kier alpha value is -3.71. The minimum absolute atomic E-state index is 0.00298. The van der Waals surface area contributed by atoms with E-state index in [1.807, 2.05) is 31.3 Å². The highest BCUT2D eigenvalue weighted by molar-refractivity contribution is 5.93. The number of nitrogen functional groups attached to an aromatic ring is 1. The molecule has 1 fully saturated rings. The Kier molecular flexibility index (Phi) is 6.73. The van der Waals surface area contributed by atoms with E-state index in [4.69, 9.17) is 10.7 Å². The number of rotatable bonds is 5. The Bertz CT molecular complexity index is 1360. The van der Waals surface area contributed by atoms with E-state index >= 15 is 0 Å². The van der Waals surface area contributed by atoms with Crippen molar-refractivity contribution in [3.8, 4) is 16.9 Å². The summed E-state index contributed by atoms with van der Waals surface area (Å²) in [6.07, 6.45) is 6.34. The summed E-state index contributed by atoms with van der Waals surface area (Å²) in [6.45, 7) is 7.14. The van der Waals surface area contributed by atoms with Crippen molar-refractivity contribution in [1.29, 1.82) is 0 Å². The van der Waals surface area contributed by atoms with Gasteiger partial charge in [0.05, 0.1) is 5.69 Å². The van der Waals surface area contributed by atoms with Gasteiger partial charge in [0.15, 0.2) is 11.6 Å². The first-order chi connectivity index (χ1) is 17.7. The number of carbonyl (C=O) groups is 1. The molecule has 7 nitrogen and oxygen atoms in total. The van der Waals surface area contributed by atoms with Crippen LogP contribution < -0.4 is 5.73 Å². The first-order valence-corrected chi connectivity index (χ1v) is 12.9. The quantitative estimate of drug-likeness (QED) is 0.525. The lowest BCUT2D eigenvalue weighted by Crippen LogP contribution is -2.34. The summed E-state index contributed by atoms with van der Waals surface area (Å²) in [4.78, 5) is 25.4. The predicted octanol–water partition coefficient (Wildman–Crippen LogP) is 4.82. The number of hydrogen-bond acceptors (Lipinski definition) is 6. The van der Waals surface area contributed by atoms with Crippen molar-refractivity contribution in [3.05, 3.63) is 76.2 Å². The molecule has 3 heterocycles. The molecule has 1 aromatic carbocycles. The third-order valence-corrected chi connectivity index (χ3v) is 7.86. The number of carbonyl (C=O) groups excluding carboxylic acids is 1. The summed E-state index contributed by atoms with van der Waals surface area (Å²) in [7, 11) is 3.56. The maximum absolute atomic E-state index is 12.2. The van der Waals surface area contributed by atoms with Crippen LogP contribution in [0.15, 0.2) is 48.2 Å². The van der Waals surface area contributed by atoms with Crippen molar-refractivity contribution in [2.75, 3.05) is 39.5 Å². The number of anilines is 1. The summed E-state index contributed by atoms with van der Waals surface area (Å²) < 4.78 is 0. The van der Waals surface area contributed by atoms with Crippen molar-refractivity contribution < 1.29 is 9.90 Å². The number of fused-ring (bicyclic) bond motifs is 1. The predicted molar refractivity (Wildman–Crippen MR) is 148 cm³/mol. The van der Waals surface area contributed by atoms with E-state index in [9.17, 15) is 9.90 Å². The van der Waals surface area contributed by atoms with E-state index in [0.29, 0.717) is 5.92 Å². The Balaban J connectivity index is 1.28. The first kappa shape index (κ1) is 25.0. The number of likely N-dealkylation sites (tertiary alicyclic amines) is 1. The molecule has 7 heteroatoms. The summed E-state index contributed by atoms with van der Waals surface area (Å²) in [5, 5.41) is 10.2. The van der Waals surface area contributed by atoms with Gasteiger partial charge in [-0.15, -0.1) is 0 Å². The van der Waals surface area contributed by atoms with Crippen LogP contribution in [0.4, 0.5) is 5.82 Å². The molecule has 0 saturated carbocycles. The molecule has 1 aliphatic heterocycles. The van der Waals surface area contributed by atoms with Crippen LogP contribution in [0.1, 0.15) is 64.5 Å². The smallest absolute Gasteiger partial charge is 0.253 e. The van der Waals surface area contributed by atoms with Crippen molar-refractivity contribution in [1.82, 2.24) is 19.8 Å². The molecule has 3 N–H and O–H groups in total. The lowest BCUT2D eigenvalue weighted by Gasteiger charge is -2.33. The minimum atomic E-state index is 0.00298. The van der Waals surface area contributed by atoms with E-state index in [1.54, 1.807) is 25.1 Å². The van der Waals surface area contributed by atoms with Gasteiger partial charge >= 0.3 is 0 Å². The molecule has 3 aromatic rings. The Morgan fingerprint density at radius 3 is 2.51 bits per heavy atom. The Morgan fingerprint density at radius 2 is 1.84 bits per heavy atom. The Morgan fingerprint density at radius 1 is 1.14 bits per heavy atom. The highest BCUT2D eigenvalue weighted by Crippen LogP contribution is 2.42. The van der Waals surface area contributed by atoms with E-state index in [0.717, 1.165) is 66.1 Å². The van der Waals surface area contributed by atoms with Crippen LogP contribution in [0.5, 0.6) is 5.75 Å². The molecule has 1 atom stereocenters. The normalized spacial score (nSPS) is 17.9. The number of pyridine rings is 2. The standard InChI is InChI=1S/C30H35N5O2/c1-18-23(15-26-24(9-12-32-28(18)26)25-16-27(36)29(31)33-19(25)2)17-35-13-10-21(11-14-35)20-5-7-22(8-6-20)30(37)34(3)4/h5-9,12,15-16,18,21,36H,10-11,13-14,17H2,1-4H3,(H2,31,33).